The van der Waals surface area contributed by atoms with Crippen LogP contribution in [0.1, 0.15) is 6.42 Å². The Bertz CT molecular complexity index is 219. The summed E-state index contributed by atoms with van der Waals surface area (Å²) < 4.78 is 23.2. The molecule has 0 aliphatic carbocycles. The second-order valence-corrected chi connectivity index (χ2v) is 5.01. The summed E-state index contributed by atoms with van der Waals surface area (Å²) in [6.07, 6.45) is 2.18. The van der Waals surface area contributed by atoms with E-state index < -0.39 is 10.0 Å². The van der Waals surface area contributed by atoms with Gasteiger partial charge in [-0.05, 0) is 18.9 Å². The van der Waals surface area contributed by atoms with Gasteiger partial charge in [0.25, 0.3) is 0 Å². The van der Waals surface area contributed by atoms with Gasteiger partial charge >= 0.3 is 0 Å². The van der Waals surface area contributed by atoms with Gasteiger partial charge in [0, 0.05) is 13.1 Å². The van der Waals surface area contributed by atoms with E-state index in [1.807, 2.05) is 0 Å². The van der Waals surface area contributed by atoms with E-state index in [0.29, 0.717) is 25.6 Å². The molecule has 66 valence electrons. The molecule has 0 aromatic carbocycles. The molecular formula is C6H14N2O2S. The van der Waals surface area contributed by atoms with Crippen LogP contribution in [0.2, 0.25) is 0 Å². The highest BCUT2D eigenvalue weighted by Gasteiger charge is 2.31. The summed E-state index contributed by atoms with van der Waals surface area (Å²) in [5.74, 6) is 0.495. The molecule has 0 atom stereocenters. The van der Waals surface area contributed by atoms with Crippen LogP contribution in [0.5, 0.6) is 0 Å². The zero-order valence-electron chi connectivity index (χ0n) is 6.66. The van der Waals surface area contributed by atoms with Crippen LogP contribution in [0.25, 0.3) is 0 Å². The minimum absolute atomic E-state index is 0.495. The molecule has 2 N–H and O–H groups in total. The first-order valence-electron chi connectivity index (χ1n) is 3.69. The van der Waals surface area contributed by atoms with Crippen molar-refractivity contribution in [1.29, 1.82) is 0 Å². The molecule has 1 fully saturated rings. The fraction of sp³-hybridized carbons (Fsp3) is 1.00. The van der Waals surface area contributed by atoms with E-state index in [0.717, 1.165) is 6.42 Å². The van der Waals surface area contributed by atoms with Crippen LogP contribution in [0.3, 0.4) is 0 Å². The fourth-order valence-corrected chi connectivity index (χ4v) is 2.17. The summed E-state index contributed by atoms with van der Waals surface area (Å²) in [5, 5.41) is 0. The largest absolute Gasteiger partial charge is 0.330 e. The molecule has 0 spiro atoms. The molecule has 4 nitrogen and oxygen atoms in total. The lowest BCUT2D eigenvalue weighted by Gasteiger charge is -2.36. The van der Waals surface area contributed by atoms with Crippen molar-refractivity contribution in [1.82, 2.24) is 4.31 Å². The summed E-state index contributed by atoms with van der Waals surface area (Å²) in [6.45, 7) is 1.98. The van der Waals surface area contributed by atoms with Gasteiger partial charge in [-0.1, -0.05) is 0 Å². The summed E-state index contributed by atoms with van der Waals surface area (Å²) >= 11 is 0. The Morgan fingerprint density at radius 2 is 2.09 bits per heavy atom. The van der Waals surface area contributed by atoms with Crippen molar-refractivity contribution in [3.05, 3.63) is 0 Å². The monoisotopic (exact) mass is 178 g/mol. The maximum atomic E-state index is 10.9. The van der Waals surface area contributed by atoms with Crippen molar-refractivity contribution in [2.24, 2.45) is 11.7 Å². The third-order valence-corrected chi connectivity index (χ3v) is 3.20. The van der Waals surface area contributed by atoms with Crippen LogP contribution < -0.4 is 5.73 Å². The summed E-state index contributed by atoms with van der Waals surface area (Å²) in [4.78, 5) is 0. The molecular weight excluding hydrogens is 164 g/mol. The quantitative estimate of drug-likeness (QED) is 0.617. The number of sulfonamides is 1. The first kappa shape index (κ1) is 8.96. The van der Waals surface area contributed by atoms with Crippen LogP contribution in [0.15, 0.2) is 0 Å². The van der Waals surface area contributed by atoms with Crippen molar-refractivity contribution in [2.75, 3.05) is 25.9 Å². The van der Waals surface area contributed by atoms with Crippen molar-refractivity contribution in [3.8, 4) is 0 Å². The Balaban J connectivity index is 2.30. The Morgan fingerprint density at radius 1 is 1.55 bits per heavy atom. The van der Waals surface area contributed by atoms with E-state index in [9.17, 15) is 8.42 Å². The van der Waals surface area contributed by atoms with Gasteiger partial charge in [0.05, 0.1) is 6.26 Å². The minimum Gasteiger partial charge on any atom is -0.330 e. The van der Waals surface area contributed by atoms with Crippen molar-refractivity contribution in [2.45, 2.75) is 6.42 Å². The molecule has 1 heterocycles. The molecule has 0 amide bonds. The molecule has 1 rings (SSSR count). The summed E-state index contributed by atoms with van der Waals surface area (Å²) in [5.41, 5.74) is 5.33. The Hall–Kier alpha value is -0.130. The lowest BCUT2D eigenvalue weighted by atomic mass is 10.00. The van der Waals surface area contributed by atoms with Gasteiger partial charge in [-0.25, -0.2) is 12.7 Å². The van der Waals surface area contributed by atoms with E-state index in [-0.39, 0.29) is 0 Å². The molecule has 1 saturated heterocycles. The first-order chi connectivity index (χ1) is 5.04. The zero-order valence-corrected chi connectivity index (χ0v) is 7.47. The molecule has 0 aromatic rings. The van der Waals surface area contributed by atoms with E-state index in [4.69, 9.17) is 5.73 Å². The average Bonchev–Trinajstić information content (AvgIpc) is 1.74. The number of nitrogens with two attached hydrogens (primary N) is 1. The molecule has 0 radical (unpaired) electrons. The maximum Gasteiger partial charge on any atom is 0.211 e. The van der Waals surface area contributed by atoms with Crippen molar-refractivity contribution >= 4 is 10.0 Å². The van der Waals surface area contributed by atoms with Gasteiger partial charge in [-0.2, -0.15) is 0 Å². The first-order valence-corrected chi connectivity index (χ1v) is 5.54. The summed E-state index contributed by atoms with van der Waals surface area (Å²) in [6, 6.07) is 0. The van der Waals surface area contributed by atoms with Gasteiger partial charge in [0.2, 0.25) is 10.0 Å². The molecule has 0 aromatic heterocycles. The predicted molar refractivity (Wildman–Crippen MR) is 43.6 cm³/mol. The van der Waals surface area contributed by atoms with Crippen LogP contribution in [-0.4, -0.2) is 38.6 Å². The van der Waals surface area contributed by atoms with Gasteiger partial charge in [-0.3, -0.25) is 0 Å². The highest BCUT2D eigenvalue weighted by molar-refractivity contribution is 7.88. The average molecular weight is 178 g/mol. The Kier molecular flexibility index (Phi) is 2.51. The lowest BCUT2D eigenvalue weighted by molar-refractivity contribution is 0.194. The van der Waals surface area contributed by atoms with Crippen LogP contribution >= 0.6 is 0 Å². The third kappa shape index (κ3) is 2.15. The maximum absolute atomic E-state index is 10.9. The second kappa shape index (κ2) is 3.08. The molecule has 5 heteroatoms. The topological polar surface area (TPSA) is 63.4 Å². The number of hydrogen-bond acceptors (Lipinski definition) is 3. The van der Waals surface area contributed by atoms with Gasteiger partial charge in [0.1, 0.15) is 0 Å². The number of nitrogens with zero attached hydrogens (tertiary/aromatic N) is 1. The molecule has 0 bridgehead atoms. The number of rotatable bonds is 3. The fourth-order valence-electron chi connectivity index (χ4n) is 1.21. The highest BCUT2D eigenvalue weighted by atomic mass is 32.2. The van der Waals surface area contributed by atoms with Gasteiger partial charge in [0.15, 0.2) is 0 Å². The zero-order chi connectivity index (χ0) is 8.48. The van der Waals surface area contributed by atoms with Crippen molar-refractivity contribution < 1.29 is 8.42 Å². The normalized spacial score (nSPS) is 21.6. The molecule has 1 aliphatic rings. The van der Waals surface area contributed by atoms with Crippen LogP contribution in [0.4, 0.5) is 0 Å². The van der Waals surface area contributed by atoms with Gasteiger partial charge < -0.3 is 5.73 Å². The SMILES string of the molecule is CS(=O)(=O)N1CC(CCN)C1. The van der Waals surface area contributed by atoms with Crippen molar-refractivity contribution in [3.63, 3.8) is 0 Å². The van der Waals surface area contributed by atoms with E-state index in [1.165, 1.54) is 10.6 Å². The van der Waals surface area contributed by atoms with E-state index in [1.54, 1.807) is 0 Å². The molecule has 0 saturated carbocycles. The Morgan fingerprint density at radius 3 is 2.45 bits per heavy atom. The Labute approximate surface area is 67.4 Å². The third-order valence-electron chi connectivity index (χ3n) is 1.97. The highest BCUT2D eigenvalue weighted by Crippen LogP contribution is 2.20. The van der Waals surface area contributed by atoms with Crippen LogP contribution in [-0.2, 0) is 10.0 Å². The minimum atomic E-state index is -2.92. The lowest BCUT2D eigenvalue weighted by Crippen LogP contribution is -2.49. The molecule has 11 heavy (non-hydrogen) atoms. The standard InChI is InChI=1S/C6H14N2O2S/c1-11(9,10)8-4-6(5-8)2-3-7/h6H,2-5,7H2,1H3. The smallest absolute Gasteiger partial charge is 0.211 e. The summed E-state index contributed by atoms with van der Waals surface area (Å²) in [7, 11) is -2.92. The van der Waals surface area contributed by atoms with E-state index in [2.05, 4.69) is 0 Å². The van der Waals surface area contributed by atoms with E-state index >= 15 is 0 Å². The van der Waals surface area contributed by atoms with Crippen LogP contribution in [0, 0.1) is 5.92 Å². The molecule has 0 unspecified atom stereocenters. The second-order valence-electron chi connectivity index (χ2n) is 3.02. The molecule has 1 aliphatic heterocycles. The predicted octanol–water partition coefficient (Wildman–Crippen LogP) is -0.773. The van der Waals surface area contributed by atoms with Gasteiger partial charge in [-0.15, -0.1) is 0 Å². The number of hydrogen-bond donors (Lipinski definition) is 1.